The van der Waals surface area contributed by atoms with Crippen LogP contribution in [0.4, 0.5) is 10.1 Å². The first-order valence-corrected chi connectivity index (χ1v) is 7.04. The lowest BCUT2D eigenvalue weighted by Crippen LogP contribution is -2.37. The van der Waals surface area contributed by atoms with Crippen molar-refractivity contribution in [2.75, 3.05) is 18.0 Å². The van der Waals surface area contributed by atoms with E-state index in [-0.39, 0.29) is 17.9 Å². The maximum atomic E-state index is 13.8. The van der Waals surface area contributed by atoms with Gasteiger partial charge in [0.25, 0.3) is 5.91 Å². The van der Waals surface area contributed by atoms with Gasteiger partial charge in [-0.15, -0.1) is 0 Å². The van der Waals surface area contributed by atoms with Crippen LogP contribution in [-0.4, -0.2) is 30.1 Å². The molecule has 2 rings (SSSR count). The number of carboxylic acid groups (broad SMARTS) is 1. The number of aliphatic carboxylic acids is 1. The number of nitrogens with two attached hydrogens (primary N) is 1. The molecule has 0 aliphatic carbocycles. The lowest BCUT2D eigenvalue weighted by molar-refractivity contribution is -0.137. The molecule has 3 N–H and O–H groups in total. The molecule has 0 radical (unpaired) electrons. The van der Waals surface area contributed by atoms with Gasteiger partial charge in [-0.05, 0) is 37.3 Å². The molecule has 0 spiro atoms. The third-order valence-electron chi connectivity index (χ3n) is 3.86. The number of carboxylic acids is 1. The summed E-state index contributed by atoms with van der Waals surface area (Å²) in [5.41, 5.74) is 5.69. The largest absolute Gasteiger partial charge is 0.481 e. The minimum atomic E-state index is -0.810. The van der Waals surface area contributed by atoms with E-state index in [9.17, 15) is 14.0 Å². The van der Waals surface area contributed by atoms with Crippen molar-refractivity contribution in [1.82, 2.24) is 0 Å². The molecule has 5 nitrogen and oxygen atoms in total. The van der Waals surface area contributed by atoms with E-state index >= 15 is 0 Å². The summed E-state index contributed by atoms with van der Waals surface area (Å²) in [6.07, 6.45) is 2.56. The fraction of sp³-hybridized carbons (Fsp3) is 0.467. The summed E-state index contributed by atoms with van der Waals surface area (Å²) < 4.78 is 13.8. The minimum Gasteiger partial charge on any atom is -0.481 e. The van der Waals surface area contributed by atoms with Crippen molar-refractivity contribution in [2.24, 2.45) is 11.7 Å². The highest BCUT2D eigenvalue weighted by atomic mass is 19.1. The Morgan fingerprint density at radius 1 is 1.43 bits per heavy atom. The van der Waals surface area contributed by atoms with Crippen LogP contribution in [0.5, 0.6) is 0 Å². The van der Waals surface area contributed by atoms with Crippen LogP contribution in [0, 0.1) is 11.7 Å². The number of carbonyl (C=O) groups excluding carboxylic acids is 1. The first-order chi connectivity index (χ1) is 9.99. The molecule has 114 valence electrons. The van der Waals surface area contributed by atoms with Gasteiger partial charge in [0.2, 0.25) is 0 Å². The SMILES string of the molecule is NC(=O)c1c(F)cccc1N1CCCC(CCC(=O)O)C1. The highest BCUT2D eigenvalue weighted by molar-refractivity contribution is 5.99. The Morgan fingerprint density at radius 3 is 2.86 bits per heavy atom. The molecule has 1 amide bonds. The number of halogens is 1. The first kappa shape index (κ1) is 15.3. The highest BCUT2D eigenvalue weighted by Gasteiger charge is 2.25. The van der Waals surface area contributed by atoms with Crippen molar-refractivity contribution in [1.29, 1.82) is 0 Å². The van der Waals surface area contributed by atoms with Gasteiger partial charge >= 0.3 is 5.97 Å². The van der Waals surface area contributed by atoms with Crippen LogP contribution in [0.1, 0.15) is 36.0 Å². The van der Waals surface area contributed by atoms with Crippen LogP contribution >= 0.6 is 0 Å². The maximum absolute atomic E-state index is 13.8. The lowest BCUT2D eigenvalue weighted by atomic mass is 9.92. The number of carbonyl (C=O) groups is 2. The molecule has 1 unspecified atom stereocenters. The van der Waals surface area contributed by atoms with Gasteiger partial charge in [0, 0.05) is 19.5 Å². The van der Waals surface area contributed by atoms with Crippen molar-refractivity contribution in [3.05, 3.63) is 29.6 Å². The predicted molar refractivity (Wildman–Crippen MR) is 76.7 cm³/mol. The van der Waals surface area contributed by atoms with Crippen LogP contribution in [-0.2, 0) is 4.79 Å². The molecule has 1 aromatic carbocycles. The van der Waals surface area contributed by atoms with Crippen LogP contribution in [0.2, 0.25) is 0 Å². The van der Waals surface area contributed by atoms with E-state index in [0.717, 1.165) is 12.8 Å². The number of amides is 1. The molecule has 0 bridgehead atoms. The van der Waals surface area contributed by atoms with Gasteiger partial charge in [0.05, 0.1) is 11.3 Å². The van der Waals surface area contributed by atoms with Gasteiger partial charge in [-0.25, -0.2) is 4.39 Å². The van der Waals surface area contributed by atoms with E-state index in [1.807, 2.05) is 4.90 Å². The molecule has 0 saturated carbocycles. The Morgan fingerprint density at radius 2 is 2.19 bits per heavy atom. The average molecular weight is 294 g/mol. The smallest absolute Gasteiger partial charge is 0.303 e. The zero-order chi connectivity index (χ0) is 15.4. The van der Waals surface area contributed by atoms with Gasteiger partial charge in [-0.1, -0.05) is 6.07 Å². The Labute approximate surface area is 122 Å². The Balaban J connectivity index is 2.16. The van der Waals surface area contributed by atoms with Crippen molar-refractivity contribution >= 4 is 17.6 Å². The van der Waals surface area contributed by atoms with Gasteiger partial charge < -0.3 is 15.7 Å². The van der Waals surface area contributed by atoms with Crippen LogP contribution < -0.4 is 10.6 Å². The first-order valence-electron chi connectivity index (χ1n) is 7.04. The summed E-state index contributed by atoms with van der Waals surface area (Å²) >= 11 is 0. The third-order valence-corrected chi connectivity index (χ3v) is 3.86. The monoisotopic (exact) mass is 294 g/mol. The highest BCUT2D eigenvalue weighted by Crippen LogP contribution is 2.29. The van der Waals surface area contributed by atoms with Crippen molar-refractivity contribution < 1.29 is 19.1 Å². The molecule has 21 heavy (non-hydrogen) atoms. The van der Waals surface area contributed by atoms with E-state index < -0.39 is 17.7 Å². The molecular weight excluding hydrogens is 275 g/mol. The summed E-state index contributed by atoms with van der Waals surface area (Å²) in [7, 11) is 0. The topological polar surface area (TPSA) is 83.6 Å². The molecule has 1 aliphatic rings. The Bertz CT molecular complexity index is 548. The Kier molecular flexibility index (Phi) is 4.77. The van der Waals surface area contributed by atoms with Crippen LogP contribution in [0.25, 0.3) is 0 Å². The quantitative estimate of drug-likeness (QED) is 0.870. The van der Waals surface area contributed by atoms with Crippen LogP contribution in [0.15, 0.2) is 18.2 Å². The summed E-state index contributed by atoms with van der Waals surface area (Å²) in [6.45, 7) is 1.34. The van der Waals surface area contributed by atoms with Crippen molar-refractivity contribution in [3.8, 4) is 0 Å². The van der Waals surface area contributed by atoms with Crippen molar-refractivity contribution in [3.63, 3.8) is 0 Å². The number of piperidine rings is 1. The van der Waals surface area contributed by atoms with E-state index in [0.29, 0.717) is 25.2 Å². The molecule has 6 heteroatoms. The summed E-state index contributed by atoms with van der Waals surface area (Å²) in [5, 5.41) is 8.76. The number of rotatable bonds is 5. The number of hydrogen-bond acceptors (Lipinski definition) is 3. The lowest BCUT2D eigenvalue weighted by Gasteiger charge is -2.35. The molecule has 1 heterocycles. The minimum absolute atomic E-state index is 0.0867. The molecule has 1 fully saturated rings. The van der Waals surface area contributed by atoms with Gasteiger partial charge in [-0.3, -0.25) is 9.59 Å². The summed E-state index contributed by atoms with van der Waals surface area (Å²) in [5.74, 6) is -1.97. The summed E-state index contributed by atoms with van der Waals surface area (Å²) in [6, 6.07) is 4.45. The number of nitrogens with zero attached hydrogens (tertiary/aromatic N) is 1. The fourth-order valence-corrected chi connectivity index (χ4v) is 2.87. The second-order valence-corrected chi connectivity index (χ2v) is 5.38. The molecule has 1 saturated heterocycles. The average Bonchev–Trinajstić information content (AvgIpc) is 2.44. The predicted octanol–water partition coefficient (Wildman–Crippen LogP) is 2.01. The zero-order valence-corrected chi connectivity index (χ0v) is 11.7. The standard InChI is InChI=1S/C15H19FN2O3/c16-11-4-1-5-12(14(11)15(17)21)18-8-2-3-10(9-18)6-7-13(19)20/h1,4-5,10H,2-3,6-9H2,(H2,17,21)(H,19,20). The van der Waals surface area contributed by atoms with Gasteiger partial charge in [-0.2, -0.15) is 0 Å². The van der Waals surface area contributed by atoms with Gasteiger partial charge in [0.1, 0.15) is 5.82 Å². The summed E-state index contributed by atoms with van der Waals surface area (Å²) in [4.78, 5) is 24.0. The zero-order valence-electron chi connectivity index (χ0n) is 11.7. The molecule has 1 aliphatic heterocycles. The van der Waals surface area contributed by atoms with E-state index in [1.54, 1.807) is 12.1 Å². The molecule has 1 aromatic rings. The number of hydrogen-bond donors (Lipinski definition) is 2. The van der Waals surface area contributed by atoms with Gasteiger partial charge in [0.15, 0.2) is 0 Å². The normalized spacial score (nSPS) is 18.5. The molecule has 1 atom stereocenters. The number of primary amides is 1. The molecule has 0 aromatic heterocycles. The van der Waals surface area contributed by atoms with Crippen molar-refractivity contribution in [2.45, 2.75) is 25.7 Å². The second kappa shape index (κ2) is 6.56. The molecular formula is C15H19FN2O3. The maximum Gasteiger partial charge on any atom is 0.303 e. The Hall–Kier alpha value is -2.11. The third kappa shape index (κ3) is 3.71. The van der Waals surface area contributed by atoms with E-state index in [4.69, 9.17) is 10.8 Å². The second-order valence-electron chi connectivity index (χ2n) is 5.38. The van der Waals surface area contributed by atoms with Crippen LogP contribution in [0.3, 0.4) is 0 Å². The fourth-order valence-electron chi connectivity index (χ4n) is 2.87. The van der Waals surface area contributed by atoms with E-state index in [2.05, 4.69) is 0 Å². The van der Waals surface area contributed by atoms with E-state index in [1.165, 1.54) is 6.07 Å². The number of benzene rings is 1. The number of anilines is 1.